The van der Waals surface area contributed by atoms with Crippen LogP contribution in [0.25, 0.3) is 17.0 Å². The molecule has 0 spiro atoms. The summed E-state index contributed by atoms with van der Waals surface area (Å²) in [6.45, 7) is 12.7. The molecule has 2 aliphatic heterocycles. The van der Waals surface area contributed by atoms with Gasteiger partial charge in [0.2, 0.25) is 0 Å². The Hall–Kier alpha value is -3.43. The van der Waals surface area contributed by atoms with Crippen molar-refractivity contribution in [3.8, 4) is 11.3 Å². The van der Waals surface area contributed by atoms with Gasteiger partial charge in [-0.1, -0.05) is 24.3 Å². The maximum absolute atomic E-state index is 5.45. The minimum atomic E-state index is 0.543. The third kappa shape index (κ3) is 5.06. The smallest absolute Gasteiger partial charge is 0.252 e. The Bertz CT molecular complexity index is 1380. The van der Waals surface area contributed by atoms with Gasteiger partial charge in [0.25, 0.3) is 5.78 Å². The van der Waals surface area contributed by atoms with Crippen molar-refractivity contribution < 1.29 is 4.74 Å². The maximum atomic E-state index is 5.45. The average Bonchev–Trinajstić information content (AvgIpc) is 3.54. The monoisotopic (exact) mass is 498 g/mol. The van der Waals surface area contributed by atoms with Gasteiger partial charge in [0.05, 0.1) is 18.9 Å². The normalized spacial score (nSPS) is 18.7. The number of fused-ring (bicyclic) bond motifs is 1. The number of hydrogen-bond acceptors (Lipinski definition) is 8. The van der Waals surface area contributed by atoms with Crippen LogP contribution in [0.4, 0.5) is 5.82 Å². The number of morpholine rings is 1. The lowest BCUT2D eigenvalue weighted by molar-refractivity contribution is 0.0342. The van der Waals surface area contributed by atoms with Gasteiger partial charge in [0, 0.05) is 49.7 Å². The van der Waals surface area contributed by atoms with Crippen LogP contribution in [0.5, 0.6) is 0 Å². The number of aromatic nitrogens is 6. The van der Waals surface area contributed by atoms with Crippen LogP contribution in [0, 0.1) is 26.7 Å². The predicted octanol–water partition coefficient (Wildman–Crippen LogP) is 3.41. The summed E-state index contributed by atoms with van der Waals surface area (Å²) in [7, 11) is 0. The van der Waals surface area contributed by atoms with E-state index < -0.39 is 0 Å². The fraction of sp³-hybridized carbons (Fsp3) is 0.464. The van der Waals surface area contributed by atoms with E-state index in [0.717, 1.165) is 93.1 Å². The molecule has 0 unspecified atom stereocenters. The van der Waals surface area contributed by atoms with Gasteiger partial charge in [-0.05, 0) is 62.8 Å². The molecule has 0 amide bonds. The summed E-state index contributed by atoms with van der Waals surface area (Å²) in [6, 6.07) is 12.9. The molecule has 2 aliphatic rings. The van der Waals surface area contributed by atoms with Gasteiger partial charge in [-0.25, -0.2) is 9.50 Å². The summed E-state index contributed by atoms with van der Waals surface area (Å²) in [5.41, 5.74) is 6.80. The Morgan fingerprint density at radius 3 is 2.49 bits per heavy atom. The molecule has 0 bridgehead atoms. The second-order valence-corrected chi connectivity index (χ2v) is 10.3. The van der Waals surface area contributed by atoms with Crippen LogP contribution in [0.2, 0.25) is 0 Å². The molecule has 37 heavy (non-hydrogen) atoms. The molecule has 5 heterocycles. The number of aryl methyl sites for hydroxylation is 3. The second-order valence-electron chi connectivity index (χ2n) is 10.3. The molecule has 0 aliphatic carbocycles. The van der Waals surface area contributed by atoms with Crippen LogP contribution in [-0.2, 0) is 17.7 Å². The minimum absolute atomic E-state index is 0.543. The molecule has 2 fully saturated rings. The molecule has 9 heteroatoms. The van der Waals surface area contributed by atoms with E-state index >= 15 is 0 Å². The van der Waals surface area contributed by atoms with Crippen molar-refractivity contribution in [2.24, 2.45) is 5.92 Å². The van der Waals surface area contributed by atoms with Gasteiger partial charge in [-0.3, -0.25) is 4.90 Å². The SMILES string of the molecule is Cc1nc2nc(C)c(C[C@@H]3CCN(c4ccc(-c5ccc(CN6CCOCC6)cc5)nn4)C3)c(C)n2n1. The van der Waals surface area contributed by atoms with Crippen molar-refractivity contribution in [1.82, 2.24) is 34.7 Å². The summed E-state index contributed by atoms with van der Waals surface area (Å²) in [5, 5.41) is 13.7. The van der Waals surface area contributed by atoms with E-state index in [2.05, 4.69) is 80.3 Å². The molecular weight excluding hydrogens is 464 g/mol. The maximum Gasteiger partial charge on any atom is 0.252 e. The van der Waals surface area contributed by atoms with Gasteiger partial charge >= 0.3 is 0 Å². The first kappa shape index (κ1) is 23.9. The average molecular weight is 499 g/mol. The molecule has 9 nitrogen and oxygen atoms in total. The number of ether oxygens (including phenoxy) is 1. The number of nitrogens with zero attached hydrogens (tertiary/aromatic N) is 8. The Balaban J connectivity index is 1.09. The van der Waals surface area contributed by atoms with Crippen molar-refractivity contribution >= 4 is 11.6 Å². The molecule has 192 valence electrons. The van der Waals surface area contributed by atoms with E-state index in [4.69, 9.17) is 9.72 Å². The van der Waals surface area contributed by atoms with Gasteiger partial charge in [-0.15, -0.1) is 10.2 Å². The zero-order valence-corrected chi connectivity index (χ0v) is 21.9. The van der Waals surface area contributed by atoms with Crippen LogP contribution >= 0.6 is 0 Å². The lowest BCUT2D eigenvalue weighted by Gasteiger charge is -2.26. The lowest BCUT2D eigenvalue weighted by atomic mass is 9.96. The van der Waals surface area contributed by atoms with Gasteiger partial charge < -0.3 is 9.64 Å². The largest absolute Gasteiger partial charge is 0.379 e. The Morgan fingerprint density at radius 1 is 0.919 bits per heavy atom. The van der Waals surface area contributed by atoms with E-state index in [0.29, 0.717) is 11.7 Å². The second kappa shape index (κ2) is 10.1. The van der Waals surface area contributed by atoms with Gasteiger partial charge in [-0.2, -0.15) is 10.1 Å². The van der Waals surface area contributed by atoms with Crippen molar-refractivity contribution in [2.45, 2.75) is 40.2 Å². The highest BCUT2D eigenvalue weighted by Crippen LogP contribution is 2.28. The Kier molecular flexibility index (Phi) is 6.56. The molecule has 0 radical (unpaired) electrons. The Labute approximate surface area is 217 Å². The van der Waals surface area contributed by atoms with Crippen LogP contribution < -0.4 is 4.90 Å². The fourth-order valence-corrected chi connectivity index (χ4v) is 5.55. The van der Waals surface area contributed by atoms with Crippen molar-refractivity contribution in [3.63, 3.8) is 0 Å². The minimum Gasteiger partial charge on any atom is -0.379 e. The summed E-state index contributed by atoms with van der Waals surface area (Å²) in [5.74, 6) is 2.93. The highest BCUT2D eigenvalue weighted by molar-refractivity contribution is 5.60. The lowest BCUT2D eigenvalue weighted by Crippen LogP contribution is -2.35. The van der Waals surface area contributed by atoms with Crippen LogP contribution in [-0.4, -0.2) is 74.1 Å². The van der Waals surface area contributed by atoms with Crippen molar-refractivity contribution in [1.29, 1.82) is 0 Å². The summed E-state index contributed by atoms with van der Waals surface area (Å²) < 4.78 is 7.33. The highest BCUT2D eigenvalue weighted by atomic mass is 16.5. The van der Waals surface area contributed by atoms with E-state index in [1.165, 1.54) is 11.1 Å². The summed E-state index contributed by atoms with van der Waals surface area (Å²) in [4.78, 5) is 13.9. The Morgan fingerprint density at radius 2 is 1.73 bits per heavy atom. The number of anilines is 1. The molecular formula is C28H34N8O. The first-order valence-corrected chi connectivity index (χ1v) is 13.2. The first-order chi connectivity index (χ1) is 18.0. The summed E-state index contributed by atoms with van der Waals surface area (Å²) in [6.07, 6.45) is 2.11. The number of benzene rings is 1. The van der Waals surface area contributed by atoms with Crippen LogP contribution in [0.3, 0.4) is 0 Å². The molecule has 4 aromatic rings. The summed E-state index contributed by atoms with van der Waals surface area (Å²) >= 11 is 0. The van der Waals surface area contributed by atoms with Gasteiger partial charge in [0.1, 0.15) is 5.82 Å². The quantitative estimate of drug-likeness (QED) is 0.400. The van der Waals surface area contributed by atoms with Crippen LogP contribution in [0.15, 0.2) is 36.4 Å². The van der Waals surface area contributed by atoms with Crippen molar-refractivity contribution in [2.75, 3.05) is 44.3 Å². The topological polar surface area (TPSA) is 84.6 Å². The molecule has 0 N–H and O–H groups in total. The predicted molar refractivity (Wildman–Crippen MR) is 143 cm³/mol. The number of rotatable bonds is 6. The standard InChI is InChI=1S/C28H34N8O/c1-19-25(20(2)36-28(29-19)30-21(3)33-36)16-23-10-11-35(18-23)27-9-8-26(31-32-27)24-6-4-22(5-7-24)17-34-12-14-37-15-13-34/h4-9,23H,10-18H2,1-3H3/t23-/m0/s1. The zero-order valence-electron chi connectivity index (χ0n) is 21.9. The van der Waals surface area contributed by atoms with E-state index in [1.807, 2.05) is 11.4 Å². The third-order valence-corrected chi connectivity index (χ3v) is 7.67. The van der Waals surface area contributed by atoms with E-state index in [-0.39, 0.29) is 0 Å². The molecule has 0 saturated carbocycles. The highest BCUT2D eigenvalue weighted by Gasteiger charge is 2.26. The first-order valence-electron chi connectivity index (χ1n) is 13.2. The zero-order chi connectivity index (χ0) is 25.4. The molecule has 2 saturated heterocycles. The number of hydrogen-bond donors (Lipinski definition) is 0. The fourth-order valence-electron chi connectivity index (χ4n) is 5.55. The van der Waals surface area contributed by atoms with Crippen molar-refractivity contribution in [3.05, 3.63) is 64.7 Å². The van der Waals surface area contributed by atoms with Crippen LogP contribution in [0.1, 0.15) is 34.8 Å². The molecule has 1 aromatic carbocycles. The molecule has 6 rings (SSSR count). The molecule has 1 atom stereocenters. The van der Waals surface area contributed by atoms with E-state index in [1.54, 1.807) is 0 Å². The van der Waals surface area contributed by atoms with Gasteiger partial charge in [0.15, 0.2) is 5.82 Å². The molecule has 3 aromatic heterocycles. The van der Waals surface area contributed by atoms with E-state index in [9.17, 15) is 0 Å². The third-order valence-electron chi connectivity index (χ3n) is 7.67.